The standard InChI is InChI=1S/C8H11N.C7H8.C7H16.C6H15N.C6H14O.C6H14.C6H10.C5H11NO.C5H10O.C4H10O2.C4H8.C3H7NO.C3H9N.C3H8O2.C3H6O2.C3H6O.C2H7N/c1-7-2-4-8(6-9)5-3-7;1-7-5-3-2-4-6-7;1-3-5-7-6-4-2;1-4-7(5-2)6-3;1-3-5-7-6-4-2;2*1-3-5-6-4-2;1-4-5(7)6(2)3;1-3-4-5-6-2;1-5-3-4-6-2;1-3-4-2;1-2-3(4)5;1-4(2)3;1-4-3-5-2;1-2-3(4)5;1-3(2)4;1-3-2/h2-5H,6,9H2,1H3;2-6H,1H3;3-7H2,1-2H3;4-6H2,1-3H3;3-6H2,1-2H3;3-6H2,1-2H3;1H,4-6H2,2H3;4H2,1-3H3;3-4H,5H2,1-2H3;3-4H2,1-2H3;3-4H,1-2H3;2H2,1H3,(H2,4,5);1-3H3;3H2,1-2H3;2H2,1H3,(H,4,5);1-2H3;3H,1-2H3/b;;;;;;;;4-3+;;4-3+;;;;;;. The molecule has 17 nitrogen and oxygen atoms in total. The second kappa shape index (κ2) is 143. The molecule has 17 heteroatoms. The van der Waals surface area contributed by atoms with Crippen molar-refractivity contribution in [2.24, 2.45) is 11.5 Å². The molecule has 6 N–H and O–H groups in total. The van der Waals surface area contributed by atoms with Crippen LogP contribution in [0, 0.1) is 26.2 Å². The Labute approximate surface area is 611 Å². The number of aliphatic carboxylic acids is 1. The van der Waals surface area contributed by atoms with E-state index in [1.54, 1.807) is 68.4 Å². The van der Waals surface area contributed by atoms with Crippen LogP contribution in [0.5, 0.6) is 0 Å². The number of hydrogen-bond donors (Lipinski definition) is 4. The van der Waals surface area contributed by atoms with E-state index in [1.807, 2.05) is 110 Å². The predicted molar refractivity (Wildman–Crippen MR) is 435 cm³/mol. The zero-order valence-electron chi connectivity index (χ0n) is 70.7. The number of carbonyl (C=O) groups is 4. The third kappa shape index (κ3) is 253. The van der Waals surface area contributed by atoms with Crippen LogP contribution in [0.1, 0.15) is 250 Å². The third-order valence-electron chi connectivity index (χ3n) is 10.2. The number of nitrogens with one attached hydrogen (secondary N) is 1. The molecular weight excluding hydrogens is 1230 g/mol. The molecule has 2 amide bonds. The lowest BCUT2D eigenvalue weighted by molar-refractivity contribution is -0.136. The Balaban J connectivity index is -0.0000000578. The number of benzene rings is 2. The number of Topliss-reactive ketones (excluding diaryl/α,β-unsaturated/α-hetero) is 1. The first-order chi connectivity index (χ1) is 46.5. The number of methoxy groups -OCH3 is 5. The van der Waals surface area contributed by atoms with Crippen molar-refractivity contribution in [1.82, 2.24) is 20.0 Å². The zero-order valence-corrected chi connectivity index (χ0v) is 70.7. The van der Waals surface area contributed by atoms with Gasteiger partial charge in [0.2, 0.25) is 11.8 Å². The Morgan fingerprint density at radius 1 is 0.531 bits per heavy atom. The van der Waals surface area contributed by atoms with Crippen molar-refractivity contribution in [3.05, 3.63) is 95.6 Å². The van der Waals surface area contributed by atoms with Crippen LogP contribution >= 0.6 is 0 Å². The number of nitrogens with zero attached hydrogens (tertiary/aromatic N) is 3. The maximum Gasteiger partial charge on any atom is 0.303 e. The maximum atomic E-state index is 10.4. The summed E-state index contributed by atoms with van der Waals surface area (Å²) in [6, 6.07) is 18.5. The number of nitrogens with two attached hydrogens (primary N) is 2. The molecule has 0 aliphatic carbocycles. The van der Waals surface area contributed by atoms with Gasteiger partial charge in [-0.3, -0.25) is 14.4 Å². The molecule has 590 valence electrons. The highest BCUT2D eigenvalue weighted by Gasteiger charge is 1.95. The number of ether oxygens (including phenoxy) is 6. The lowest BCUT2D eigenvalue weighted by Crippen LogP contribution is -2.21. The van der Waals surface area contributed by atoms with E-state index in [9.17, 15) is 19.2 Å². The number of carbonyl (C=O) groups excluding carboxylic acids is 3. The van der Waals surface area contributed by atoms with Crippen LogP contribution in [0.25, 0.3) is 0 Å². The summed E-state index contributed by atoms with van der Waals surface area (Å²) in [5, 5.41) is 10.5. The smallest absolute Gasteiger partial charge is 0.303 e. The number of allylic oxidation sites excluding steroid dienone is 3. The summed E-state index contributed by atoms with van der Waals surface area (Å²) >= 11 is 0. The molecule has 2 aromatic carbocycles. The Hall–Kier alpha value is -4.84. The average Bonchev–Trinajstić information content (AvgIpc) is 1.78. The summed E-state index contributed by atoms with van der Waals surface area (Å²) in [7, 11) is 21.4. The molecule has 0 saturated heterocycles. The van der Waals surface area contributed by atoms with Gasteiger partial charge in [-0.1, -0.05) is 244 Å². The highest BCUT2D eigenvalue weighted by molar-refractivity contribution is 5.75. The summed E-state index contributed by atoms with van der Waals surface area (Å²) in [6.07, 6.45) is 32.3. The number of unbranched alkanes of at least 4 members (excludes halogenated alkanes) is 9. The number of hydrogen-bond acceptors (Lipinski definition) is 14. The second-order valence-electron chi connectivity index (χ2n) is 21.5. The minimum absolute atomic E-state index is 0.167. The number of ketones is 1. The number of carboxylic acids is 1. The van der Waals surface area contributed by atoms with Gasteiger partial charge in [-0.2, -0.15) is 0 Å². The van der Waals surface area contributed by atoms with Gasteiger partial charge in [0.25, 0.3) is 0 Å². The molecular formula is C81H170N6O11. The van der Waals surface area contributed by atoms with E-state index in [0.717, 1.165) is 39.1 Å². The van der Waals surface area contributed by atoms with Gasteiger partial charge in [-0.15, -0.1) is 12.3 Å². The first-order valence-electron chi connectivity index (χ1n) is 36.0. The SMILES string of the molecule is C#CCCCC.C/C=C/C.C/C=C/COC.CC(C)=O.CCC(=O)N(C)C.CCC(=O)O.CCC(N)=O.CCCCCC.CCCCCCC.CCCOCCC.CCN(CC)CC.CN(C)C.CNC.COCCOC.COCOC.Cc1ccc(CN)cc1.Cc1ccccc1. The van der Waals surface area contributed by atoms with Crippen LogP contribution in [0.3, 0.4) is 0 Å². The van der Waals surface area contributed by atoms with Crippen molar-refractivity contribution in [3.8, 4) is 12.3 Å². The van der Waals surface area contributed by atoms with Crippen molar-refractivity contribution in [2.45, 2.75) is 254 Å². The summed E-state index contributed by atoms with van der Waals surface area (Å²) in [5.41, 5.74) is 13.9. The maximum absolute atomic E-state index is 10.4. The molecule has 2 aromatic rings. The van der Waals surface area contributed by atoms with Gasteiger partial charge in [0.05, 0.1) is 19.8 Å². The molecule has 0 aliphatic rings. The number of terminal acetylenes is 1. The van der Waals surface area contributed by atoms with E-state index in [4.69, 9.17) is 26.7 Å². The van der Waals surface area contributed by atoms with Crippen molar-refractivity contribution >= 4 is 23.6 Å². The molecule has 0 heterocycles. The second-order valence-corrected chi connectivity index (χ2v) is 21.5. The fourth-order valence-corrected chi connectivity index (χ4v) is 4.57. The summed E-state index contributed by atoms with van der Waals surface area (Å²) in [5.74, 6) is 1.93. The van der Waals surface area contributed by atoms with E-state index in [1.165, 1.54) is 121 Å². The quantitative estimate of drug-likeness (QED) is 0.0283. The Kier molecular flexibility index (Phi) is 189. The molecule has 98 heavy (non-hydrogen) atoms. The highest BCUT2D eigenvalue weighted by Crippen LogP contribution is 2.01. The van der Waals surface area contributed by atoms with Crippen molar-refractivity contribution in [1.29, 1.82) is 0 Å². The monoisotopic (exact) mass is 1400 g/mol. The van der Waals surface area contributed by atoms with Crippen LogP contribution in [0.4, 0.5) is 0 Å². The van der Waals surface area contributed by atoms with Crippen LogP contribution in [-0.4, -0.2) is 188 Å². The number of primary amides is 1. The number of aryl methyl sites for hydroxylation is 2. The zero-order chi connectivity index (χ0) is 79.7. The van der Waals surface area contributed by atoms with Gasteiger partial charge in [0.15, 0.2) is 0 Å². The molecule has 2 rings (SSSR count). The molecule has 0 spiro atoms. The molecule has 0 aliphatic heterocycles. The molecule has 0 unspecified atom stereocenters. The van der Waals surface area contributed by atoms with E-state index in [-0.39, 0.29) is 24.0 Å². The van der Waals surface area contributed by atoms with E-state index in [2.05, 4.69) is 160 Å². The van der Waals surface area contributed by atoms with Gasteiger partial charge in [-0.05, 0) is 128 Å². The van der Waals surface area contributed by atoms with E-state index >= 15 is 0 Å². The van der Waals surface area contributed by atoms with Crippen LogP contribution in [0.15, 0.2) is 78.9 Å². The van der Waals surface area contributed by atoms with Gasteiger partial charge in [0, 0.05) is 95.1 Å². The molecule has 0 saturated carbocycles. The molecule has 0 radical (unpaired) electrons. The molecule has 0 atom stereocenters. The summed E-state index contributed by atoms with van der Waals surface area (Å²) in [6.45, 7) is 48.8. The van der Waals surface area contributed by atoms with Crippen LogP contribution in [0.2, 0.25) is 0 Å². The van der Waals surface area contributed by atoms with Gasteiger partial charge in [-0.25, -0.2) is 0 Å². The van der Waals surface area contributed by atoms with Crippen LogP contribution < -0.4 is 16.8 Å². The Morgan fingerprint density at radius 2 is 0.867 bits per heavy atom. The molecule has 0 fully saturated rings. The van der Waals surface area contributed by atoms with E-state index in [0.29, 0.717) is 39.4 Å². The Bertz CT molecular complexity index is 1630. The lowest BCUT2D eigenvalue weighted by atomic mass is 10.2. The first kappa shape index (κ1) is 130. The normalized spacial score (nSPS) is 8.76. The topological polar surface area (TPSA) is 218 Å². The van der Waals surface area contributed by atoms with Crippen molar-refractivity contribution in [3.63, 3.8) is 0 Å². The van der Waals surface area contributed by atoms with Gasteiger partial charge >= 0.3 is 5.97 Å². The number of amides is 2. The average molecular weight is 1400 g/mol. The third-order valence-corrected chi connectivity index (χ3v) is 10.2. The minimum Gasteiger partial charge on any atom is -0.481 e. The molecule has 0 bridgehead atoms. The first-order valence-corrected chi connectivity index (χ1v) is 36.0. The fourth-order valence-electron chi connectivity index (χ4n) is 4.57. The number of rotatable bonds is 27. The number of carboxylic acid groups (broad SMARTS) is 1. The van der Waals surface area contributed by atoms with Crippen LogP contribution in [-0.2, 0) is 54.1 Å². The largest absolute Gasteiger partial charge is 0.481 e. The fraction of sp³-hybridized carbons (Fsp3) is 0.728. The van der Waals surface area contributed by atoms with Crippen molar-refractivity contribution in [2.75, 3.05) is 144 Å². The van der Waals surface area contributed by atoms with Crippen molar-refractivity contribution < 1.29 is 52.7 Å². The summed E-state index contributed by atoms with van der Waals surface area (Å²) in [4.78, 5) is 44.8. The lowest BCUT2D eigenvalue weighted by Gasteiger charge is -2.13. The molecule has 0 aromatic heterocycles. The Morgan fingerprint density at radius 3 is 1.01 bits per heavy atom. The predicted octanol–water partition coefficient (Wildman–Crippen LogP) is 18.8. The summed E-state index contributed by atoms with van der Waals surface area (Å²) < 4.78 is 28.1. The van der Waals surface area contributed by atoms with Gasteiger partial charge in [0.1, 0.15) is 12.6 Å². The van der Waals surface area contributed by atoms with E-state index < -0.39 is 5.97 Å². The minimum atomic E-state index is -0.745. The van der Waals surface area contributed by atoms with Gasteiger partial charge < -0.3 is 69.8 Å². The highest BCUT2D eigenvalue weighted by atomic mass is 16.6.